The molecule has 108 valence electrons. The molecule has 8 heteroatoms. The van der Waals surface area contributed by atoms with Crippen LogP contribution in [0.4, 0.5) is 0 Å². The first-order chi connectivity index (χ1) is 8.66. The lowest BCUT2D eigenvalue weighted by atomic mass is 10.0. The van der Waals surface area contributed by atoms with Crippen molar-refractivity contribution in [1.29, 1.82) is 0 Å². The summed E-state index contributed by atoms with van der Waals surface area (Å²) in [5, 5.41) is 2.94. The van der Waals surface area contributed by atoms with E-state index in [1.54, 1.807) is 6.07 Å². The Kier molecular flexibility index (Phi) is 4.72. The topological polar surface area (TPSA) is 114 Å². The van der Waals surface area contributed by atoms with Crippen LogP contribution in [0.25, 0.3) is 0 Å². The average Bonchev–Trinajstić information content (AvgIpc) is 2.74. The highest BCUT2D eigenvalue weighted by Crippen LogP contribution is 2.15. The lowest BCUT2D eigenvalue weighted by Gasteiger charge is -2.24. The van der Waals surface area contributed by atoms with Crippen molar-refractivity contribution in [2.75, 3.05) is 7.05 Å². The SMILES string of the molecule is CNS(=O)(=O)c1ccc(CNC(C)(C)CC(N)=O)o1. The zero-order valence-corrected chi connectivity index (χ0v) is 12.0. The van der Waals surface area contributed by atoms with Crippen LogP contribution in [0.5, 0.6) is 0 Å². The molecule has 0 saturated carbocycles. The molecule has 0 spiro atoms. The van der Waals surface area contributed by atoms with Crippen LogP contribution in [0.3, 0.4) is 0 Å². The Bertz CT molecular complexity index is 548. The second kappa shape index (κ2) is 5.72. The molecule has 0 aliphatic rings. The first-order valence-electron chi connectivity index (χ1n) is 5.72. The molecule has 0 saturated heterocycles. The Labute approximate surface area is 112 Å². The van der Waals surface area contributed by atoms with Gasteiger partial charge in [0.15, 0.2) is 0 Å². The molecular weight excluding hydrogens is 270 g/mol. The molecule has 0 aliphatic heterocycles. The predicted molar refractivity (Wildman–Crippen MR) is 69.7 cm³/mol. The van der Waals surface area contributed by atoms with Crippen molar-refractivity contribution >= 4 is 15.9 Å². The minimum atomic E-state index is -3.57. The lowest BCUT2D eigenvalue weighted by Crippen LogP contribution is -2.42. The Balaban J connectivity index is 2.68. The van der Waals surface area contributed by atoms with Gasteiger partial charge in [0, 0.05) is 12.0 Å². The third-order valence-corrected chi connectivity index (χ3v) is 3.81. The van der Waals surface area contributed by atoms with E-state index in [-0.39, 0.29) is 11.5 Å². The molecule has 0 unspecified atom stereocenters. The summed E-state index contributed by atoms with van der Waals surface area (Å²) in [6.07, 6.45) is 0.176. The highest BCUT2D eigenvalue weighted by Gasteiger charge is 2.21. The van der Waals surface area contributed by atoms with Crippen molar-refractivity contribution in [1.82, 2.24) is 10.0 Å². The van der Waals surface area contributed by atoms with Crippen molar-refractivity contribution < 1.29 is 17.6 Å². The third kappa shape index (κ3) is 4.66. The van der Waals surface area contributed by atoms with Crippen molar-refractivity contribution in [3.8, 4) is 0 Å². The summed E-state index contributed by atoms with van der Waals surface area (Å²) in [4.78, 5) is 10.9. The number of nitrogens with one attached hydrogen (secondary N) is 2. The maximum absolute atomic E-state index is 11.5. The van der Waals surface area contributed by atoms with Crippen molar-refractivity contribution in [2.24, 2.45) is 5.73 Å². The summed E-state index contributed by atoms with van der Waals surface area (Å²) < 4.78 is 30.3. The maximum Gasteiger partial charge on any atom is 0.273 e. The van der Waals surface area contributed by atoms with E-state index in [4.69, 9.17) is 10.2 Å². The molecule has 19 heavy (non-hydrogen) atoms. The van der Waals surface area contributed by atoms with E-state index in [1.165, 1.54) is 13.1 Å². The summed E-state index contributed by atoms with van der Waals surface area (Å²) in [6, 6.07) is 2.95. The number of amides is 1. The van der Waals surface area contributed by atoms with E-state index in [9.17, 15) is 13.2 Å². The minimum absolute atomic E-state index is 0.139. The van der Waals surface area contributed by atoms with E-state index in [2.05, 4.69) is 10.0 Å². The van der Waals surface area contributed by atoms with Gasteiger partial charge >= 0.3 is 0 Å². The van der Waals surface area contributed by atoms with Crippen LogP contribution in [-0.2, 0) is 21.4 Å². The molecule has 0 aromatic carbocycles. The smallest absolute Gasteiger partial charge is 0.273 e. The Morgan fingerprint density at radius 1 is 1.42 bits per heavy atom. The van der Waals surface area contributed by atoms with Gasteiger partial charge in [0.05, 0.1) is 6.54 Å². The van der Waals surface area contributed by atoms with Gasteiger partial charge in [-0.05, 0) is 33.0 Å². The number of rotatable bonds is 7. The normalized spacial score (nSPS) is 12.6. The van der Waals surface area contributed by atoms with E-state index >= 15 is 0 Å². The first-order valence-corrected chi connectivity index (χ1v) is 7.20. The van der Waals surface area contributed by atoms with Gasteiger partial charge in [-0.3, -0.25) is 4.79 Å². The molecule has 1 aromatic heterocycles. The summed E-state index contributed by atoms with van der Waals surface area (Å²) in [5.74, 6) is 0.0572. The average molecular weight is 289 g/mol. The Hall–Kier alpha value is -1.38. The van der Waals surface area contributed by atoms with Crippen LogP contribution in [0.2, 0.25) is 0 Å². The van der Waals surface area contributed by atoms with E-state index in [1.807, 2.05) is 13.8 Å². The molecule has 0 radical (unpaired) electrons. The maximum atomic E-state index is 11.5. The number of primary amides is 1. The number of furan rings is 1. The molecule has 4 N–H and O–H groups in total. The molecule has 1 rings (SSSR count). The van der Waals surface area contributed by atoms with Gasteiger partial charge in [0.25, 0.3) is 10.0 Å². The highest BCUT2D eigenvalue weighted by molar-refractivity contribution is 7.89. The van der Waals surface area contributed by atoms with Crippen LogP contribution in [0.15, 0.2) is 21.6 Å². The molecule has 0 bridgehead atoms. The van der Waals surface area contributed by atoms with Crippen LogP contribution < -0.4 is 15.8 Å². The zero-order valence-electron chi connectivity index (χ0n) is 11.2. The monoisotopic (exact) mass is 289 g/mol. The van der Waals surface area contributed by atoms with Gasteiger partial charge in [0.2, 0.25) is 11.0 Å². The number of carbonyl (C=O) groups is 1. The summed E-state index contributed by atoms with van der Waals surface area (Å²) in [6.45, 7) is 3.96. The minimum Gasteiger partial charge on any atom is -0.447 e. The van der Waals surface area contributed by atoms with E-state index < -0.39 is 21.5 Å². The molecule has 1 aromatic rings. The van der Waals surface area contributed by atoms with Gasteiger partial charge in [0.1, 0.15) is 5.76 Å². The van der Waals surface area contributed by atoms with Crippen LogP contribution in [-0.4, -0.2) is 26.9 Å². The second-order valence-corrected chi connectivity index (χ2v) is 6.63. The molecule has 0 atom stereocenters. The number of carbonyl (C=O) groups excluding carboxylic acids is 1. The quantitative estimate of drug-likeness (QED) is 0.650. The summed E-state index contributed by atoms with van der Waals surface area (Å²) in [7, 11) is -2.26. The van der Waals surface area contributed by atoms with Crippen LogP contribution in [0, 0.1) is 0 Å². The fraction of sp³-hybridized carbons (Fsp3) is 0.545. The third-order valence-electron chi connectivity index (χ3n) is 2.53. The molecular formula is C11H19N3O4S. The van der Waals surface area contributed by atoms with Gasteiger partial charge < -0.3 is 15.5 Å². The molecule has 1 heterocycles. The molecule has 0 fully saturated rings. The van der Waals surface area contributed by atoms with Gasteiger partial charge in [-0.15, -0.1) is 0 Å². The van der Waals surface area contributed by atoms with Crippen molar-refractivity contribution in [2.45, 2.75) is 37.4 Å². The van der Waals surface area contributed by atoms with E-state index in [0.717, 1.165) is 0 Å². The molecule has 0 aliphatic carbocycles. The Morgan fingerprint density at radius 2 is 2.05 bits per heavy atom. The number of hydrogen-bond donors (Lipinski definition) is 3. The van der Waals surface area contributed by atoms with Crippen molar-refractivity contribution in [3.05, 3.63) is 17.9 Å². The first kappa shape index (κ1) is 15.7. The summed E-state index contributed by atoms with van der Waals surface area (Å²) in [5.41, 5.74) is 4.65. The van der Waals surface area contributed by atoms with Crippen molar-refractivity contribution in [3.63, 3.8) is 0 Å². The fourth-order valence-corrected chi connectivity index (χ4v) is 2.19. The van der Waals surface area contributed by atoms with E-state index in [0.29, 0.717) is 12.3 Å². The van der Waals surface area contributed by atoms with Gasteiger partial charge in [-0.1, -0.05) is 0 Å². The van der Waals surface area contributed by atoms with Gasteiger partial charge in [-0.25, -0.2) is 13.1 Å². The standard InChI is InChI=1S/C11H19N3O4S/c1-11(2,6-9(12)15)14-7-8-4-5-10(18-8)19(16,17)13-3/h4-5,13-14H,6-7H2,1-3H3,(H2,12,15). The number of nitrogens with two attached hydrogens (primary N) is 1. The lowest BCUT2D eigenvalue weighted by molar-refractivity contribution is -0.119. The highest BCUT2D eigenvalue weighted by atomic mass is 32.2. The summed E-state index contributed by atoms with van der Waals surface area (Å²) >= 11 is 0. The zero-order chi connectivity index (χ0) is 14.7. The van der Waals surface area contributed by atoms with Crippen LogP contribution in [0.1, 0.15) is 26.0 Å². The largest absolute Gasteiger partial charge is 0.447 e. The second-order valence-electron chi connectivity index (χ2n) is 4.81. The Morgan fingerprint density at radius 3 is 2.58 bits per heavy atom. The fourth-order valence-electron chi connectivity index (χ4n) is 1.52. The number of hydrogen-bond acceptors (Lipinski definition) is 5. The van der Waals surface area contributed by atoms with Crippen LogP contribution >= 0.6 is 0 Å². The number of sulfonamides is 1. The van der Waals surface area contributed by atoms with Gasteiger partial charge in [-0.2, -0.15) is 0 Å². The molecule has 1 amide bonds. The predicted octanol–water partition coefficient (Wildman–Crippen LogP) is -0.0687. The molecule has 7 nitrogen and oxygen atoms in total.